The van der Waals surface area contributed by atoms with Gasteiger partial charge in [0, 0.05) is 11.6 Å². The van der Waals surface area contributed by atoms with Gasteiger partial charge in [0.1, 0.15) is 0 Å². The van der Waals surface area contributed by atoms with Crippen LogP contribution in [0.1, 0.15) is 22.7 Å². The normalized spacial score (nSPS) is 18.1. The van der Waals surface area contributed by atoms with Gasteiger partial charge in [-0.25, -0.2) is 0 Å². The van der Waals surface area contributed by atoms with Gasteiger partial charge >= 0.3 is 0 Å². The zero-order valence-electron chi connectivity index (χ0n) is 13.1. The molecule has 2 aliphatic rings. The Morgan fingerprint density at radius 1 is 1.04 bits per heavy atom. The van der Waals surface area contributed by atoms with Crippen LogP contribution in [0.5, 0.6) is 23.0 Å². The van der Waals surface area contributed by atoms with E-state index in [1.165, 1.54) is 0 Å². The first-order valence-corrected chi connectivity index (χ1v) is 7.70. The minimum atomic E-state index is -0.0676. The van der Waals surface area contributed by atoms with E-state index in [9.17, 15) is 10.2 Å². The van der Waals surface area contributed by atoms with Crippen molar-refractivity contribution >= 4 is 0 Å². The number of rotatable bonds is 2. The highest BCUT2D eigenvalue weighted by Crippen LogP contribution is 2.51. The van der Waals surface area contributed by atoms with Crippen molar-refractivity contribution in [2.24, 2.45) is 0 Å². The van der Waals surface area contributed by atoms with Crippen LogP contribution in [0.25, 0.3) is 11.1 Å². The van der Waals surface area contributed by atoms with E-state index in [-0.39, 0.29) is 17.5 Å². The Kier molecular flexibility index (Phi) is 3.13. The third-order valence-electron chi connectivity index (χ3n) is 4.84. The lowest BCUT2D eigenvalue weighted by molar-refractivity contribution is 0.354. The summed E-state index contributed by atoms with van der Waals surface area (Å²) in [6.45, 7) is 0.865. The second kappa shape index (κ2) is 5.06. The summed E-state index contributed by atoms with van der Waals surface area (Å²) in [4.78, 5) is 0. The quantitative estimate of drug-likeness (QED) is 0.743. The van der Waals surface area contributed by atoms with Crippen LogP contribution in [0.15, 0.2) is 18.2 Å². The molecular formula is C18H19NO4. The lowest BCUT2D eigenvalue weighted by Crippen LogP contribution is -2.33. The third kappa shape index (κ3) is 1.96. The smallest absolute Gasteiger partial charge is 0.165 e. The number of phenolic OH excluding ortho intramolecular Hbond substituents is 2. The summed E-state index contributed by atoms with van der Waals surface area (Å²) < 4.78 is 10.8. The van der Waals surface area contributed by atoms with Crippen LogP contribution in [0.3, 0.4) is 0 Å². The van der Waals surface area contributed by atoms with E-state index >= 15 is 0 Å². The van der Waals surface area contributed by atoms with Gasteiger partial charge in [0.05, 0.1) is 14.2 Å². The van der Waals surface area contributed by atoms with Crippen LogP contribution >= 0.6 is 0 Å². The molecule has 1 heterocycles. The molecule has 3 N–H and O–H groups in total. The summed E-state index contributed by atoms with van der Waals surface area (Å²) in [5.74, 6) is 1.16. The summed E-state index contributed by atoms with van der Waals surface area (Å²) >= 11 is 0. The first-order chi connectivity index (χ1) is 11.1. The van der Waals surface area contributed by atoms with E-state index in [4.69, 9.17) is 9.47 Å². The number of ether oxygens (including phenoxy) is 2. The number of hydrogen-bond acceptors (Lipinski definition) is 5. The Bertz CT molecular complexity index is 800. The number of nitrogens with one attached hydrogen (secondary N) is 1. The Labute approximate surface area is 134 Å². The molecule has 4 rings (SSSR count). The summed E-state index contributed by atoms with van der Waals surface area (Å²) in [5.41, 5.74) is 4.86. The molecule has 1 atom stereocenters. The fraction of sp³-hybridized carbons (Fsp3) is 0.333. The molecule has 23 heavy (non-hydrogen) atoms. The molecule has 0 saturated carbocycles. The largest absolute Gasteiger partial charge is 0.504 e. The summed E-state index contributed by atoms with van der Waals surface area (Å²) in [6.07, 6.45) is 1.66. The van der Waals surface area contributed by atoms with Gasteiger partial charge < -0.3 is 25.0 Å². The molecule has 1 aliphatic heterocycles. The number of fused-ring (bicyclic) bond motifs is 2. The van der Waals surface area contributed by atoms with Crippen molar-refractivity contribution in [1.82, 2.24) is 5.32 Å². The molecule has 0 saturated heterocycles. The number of phenols is 2. The number of benzene rings is 2. The standard InChI is InChI=1S/C18H19NO4/c1-22-14-7-10-5-12-16-9(3-4-19-12)6-13(20)18(21)17(16)11(10)8-15(14)23-2/h6-8,12,19-21H,3-5H2,1-2H3. The van der Waals surface area contributed by atoms with Gasteiger partial charge in [-0.1, -0.05) is 0 Å². The molecule has 120 valence electrons. The van der Waals surface area contributed by atoms with Crippen LogP contribution in [0, 0.1) is 0 Å². The number of aromatic hydroxyl groups is 2. The first kappa shape index (κ1) is 14.2. The molecule has 0 spiro atoms. The molecule has 0 bridgehead atoms. The van der Waals surface area contributed by atoms with Crippen LogP contribution in [0.2, 0.25) is 0 Å². The predicted molar refractivity (Wildman–Crippen MR) is 86.5 cm³/mol. The molecule has 0 radical (unpaired) electrons. The van der Waals surface area contributed by atoms with Gasteiger partial charge in [-0.05, 0) is 59.8 Å². The first-order valence-electron chi connectivity index (χ1n) is 7.70. The zero-order chi connectivity index (χ0) is 16.1. The molecule has 0 fully saturated rings. The van der Waals surface area contributed by atoms with E-state index in [0.717, 1.165) is 41.6 Å². The monoisotopic (exact) mass is 313 g/mol. The fourth-order valence-corrected chi connectivity index (χ4v) is 3.80. The van der Waals surface area contributed by atoms with Crippen molar-refractivity contribution in [3.63, 3.8) is 0 Å². The van der Waals surface area contributed by atoms with Crippen LogP contribution in [-0.2, 0) is 12.8 Å². The van der Waals surface area contributed by atoms with Crippen LogP contribution in [-0.4, -0.2) is 31.0 Å². The van der Waals surface area contributed by atoms with Crippen LogP contribution < -0.4 is 14.8 Å². The zero-order valence-corrected chi connectivity index (χ0v) is 13.1. The highest BCUT2D eigenvalue weighted by Gasteiger charge is 2.33. The topological polar surface area (TPSA) is 71.0 Å². The predicted octanol–water partition coefficient (Wildman–Crippen LogP) is 2.52. The molecule has 0 amide bonds. The average Bonchev–Trinajstić information content (AvgIpc) is 2.57. The van der Waals surface area contributed by atoms with Crippen molar-refractivity contribution < 1.29 is 19.7 Å². The van der Waals surface area contributed by atoms with Crippen molar-refractivity contribution in [2.75, 3.05) is 20.8 Å². The Morgan fingerprint density at radius 3 is 2.52 bits per heavy atom. The van der Waals surface area contributed by atoms with E-state index in [1.54, 1.807) is 20.3 Å². The fourth-order valence-electron chi connectivity index (χ4n) is 3.80. The van der Waals surface area contributed by atoms with Gasteiger partial charge in [0.2, 0.25) is 0 Å². The molecule has 1 aliphatic carbocycles. The van der Waals surface area contributed by atoms with Crippen molar-refractivity contribution in [1.29, 1.82) is 0 Å². The van der Waals surface area contributed by atoms with Gasteiger partial charge in [0.25, 0.3) is 0 Å². The van der Waals surface area contributed by atoms with Crippen molar-refractivity contribution in [3.8, 4) is 34.1 Å². The van der Waals surface area contributed by atoms with Gasteiger partial charge in [-0.15, -0.1) is 0 Å². The summed E-state index contributed by atoms with van der Waals surface area (Å²) in [5, 5.41) is 24.1. The molecule has 0 aromatic heterocycles. The number of methoxy groups -OCH3 is 2. The maximum absolute atomic E-state index is 10.5. The maximum atomic E-state index is 10.5. The maximum Gasteiger partial charge on any atom is 0.165 e. The Balaban J connectivity index is 2.04. The molecule has 5 nitrogen and oxygen atoms in total. The highest BCUT2D eigenvalue weighted by molar-refractivity contribution is 5.84. The second-order valence-electron chi connectivity index (χ2n) is 6.02. The second-order valence-corrected chi connectivity index (χ2v) is 6.02. The minimum absolute atomic E-state index is 0.0642. The molecule has 2 aromatic carbocycles. The number of hydrogen-bond donors (Lipinski definition) is 3. The average molecular weight is 313 g/mol. The molecular weight excluding hydrogens is 294 g/mol. The lowest BCUT2D eigenvalue weighted by atomic mass is 9.77. The molecule has 1 unspecified atom stereocenters. The lowest BCUT2D eigenvalue weighted by Gasteiger charge is -2.35. The van der Waals surface area contributed by atoms with Gasteiger partial charge in [-0.3, -0.25) is 0 Å². The van der Waals surface area contributed by atoms with E-state index in [1.807, 2.05) is 12.1 Å². The van der Waals surface area contributed by atoms with E-state index < -0.39 is 0 Å². The highest BCUT2D eigenvalue weighted by atomic mass is 16.5. The van der Waals surface area contributed by atoms with Gasteiger partial charge in [0.15, 0.2) is 23.0 Å². The minimum Gasteiger partial charge on any atom is -0.504 e. The van der Waals surface area contributed by atoms with Crippen LogP contribution in [0.4, 0.5) is 0 Å². The van der Waals surface area contributed by atoms with Crippen molar-refractivity contribution in [3.05, 3.63) is 34.9 Å². The van der Waals surface area contributed by atoms with E-state index in [0.29, 0.717) is 17.1 Å². The van der Waals surface area contributed by atoms with Crippen molar-refractivity contribution in [2.45, 2.75) is 18.9 Å². The summed E-state index contributed by atoms with van der Waals surface area (Å²) in [7, 11) is 3.20. The van der Waals surface area contributed by atoms with Gasteiger partial charge in [-0.2, -0.15) is 0 Å². The molecule has 2 aromatic rings. The summed E-state index contributed by atoms with van der Waals surface area (Å²) in [6, 6.07) is 5.67. The Hall–Kier alpha value is -2.40. The van der Waals surface area contributed by atoms with E-state index in [2.05, 4.69) is 5.32 Å². The third-order valence-corrected chi connectivity index (χ3v) is 4.84. The SMILES string of the molecule is COc1cc2c(cc1OC)-c1c(O)c(O)cc3c1C(C2)NCC3. The Morgan fingerprint density at radius 2 is 1.78 bits per heavy atom. The molecule has 5 heteroatoms.